The molecule has 2 rings (SSSR count). The van der Waals surface area contributed by atoms with Gasteiger partial charge in [-0.15, -0.1) is 5.10 Å². The standard InChI is InChI=1S/C12H9F2N5O3S/c13-12(14)23(21,22)9-4-2-1-3-8(9)17-11(20)6-19-7-16-10(5-15)18-19/h1-4,7,12H,6H2,(H,17,20). The molecule has 120 valence electrons. The van der Waals surface area contributed by atoms with Crippen molar-refractivity contribution in [1.29, 1.82) is 5.26 Å². The fraction of sp³-hybridized carbons (Fsp3) is 0.167. The molecule has 0 atom stereocenters. The molecule has 0 saturated carbocycles. The Labute approximate surface area is 129 Å². The smallest absolute Gasteiger partial charge is 0.323 e. The van der Waals surface area contributed by atoms with E-state index < -0.39 is 26.4 Å². The summed E-state index contributed by atoms with van der Waals surface area (Å²) in [4.78, 5) is 14.8. The minimum atomic E-state index is -4.85. The summed E-state index contributed by atoms with van der Waals surface area (Å²) in [6.45, 7) is -0.363. The number of nitrogens with zero attached hydrogens (tertiary/aromatic N) is 4. The van der Waals surface area contributed by atoms with Crippen LogP contribution >= 0.6 is 0 Å². The van der Waals surface area contributed by atoms with Gasteiger partial charge in [0, 0.05) is 0 Å². The van der Waals surface area contributed by atoms with E-state index in [4.69, 9.17) is 5.26 Å². The summed E-state index contributed by atoms with van der Waals surface area (Å²) in [6.07, 6.45) is 1.14. The van der Waals surface area contributed by atoms with E-state index in [-0.39, 0.29) is 18.1 Å². The van der Waals surface area contributed by atoms with Gasteiger partial charge in [-0.3, -0.25) is 4.79 Å². The molecule has 2 aromatic rings. The zero-order valence-electron chi connectivity index (χ0n) is 11.3. The molecule has 1 aromatic heterocycles. The van der Waals surface area contributed by atoms with Crippen LogP contribution in [0.5, 0.6) is 0 Å². The second-order valence-electron chi connectivity index (χ2n) is 4.23. The van der Waals surface area contributed by atoms with Crippen molar-refractivity contribution >= 4 is 21.4 Å². The number of alkyl halides is 2. The normalized spacial score (nSPS) is 11.2. The minimum Gasteiger partial charge on any atom is -0.323 e. The molecule has 1 amide bonds. The molecule has 0 bridgehead atoms. The number of rotatable bonds is 5. The first kappa shape index (κ1) is 16.5. The molecule has 0 aliphatic carbocycles. The Morgan fingerprint density at radius 1 is 1.39 bits per heavy atom. The average molecular weight is 341 g/mol. The maximum absolute atomic E-state index is 12.7. The highest BCUT2D eigenvalue weighted by Gasteiger charge is 2.29. The van der Waals surface area contributed by atoms with E-state index >= 15 is 0 Å². The molecule has 1 heterocycles. The SMILES string of the molecule is N#Cc1ncn(CC(=O)Nc2ccccc2S(=O)(=O)C(F)F)n1. The molecule has 0 spiro atoms. The van der Waals surface area contributed by atoms with Gasteiger partial charge in [0.25, 0.3) is 5.82 Å². The number of anilines is 1. The molecular formula is C12H9F2N5O3S. The summed E-state index contributed by atoms with van der Waals surface area (Å²) in [5.41, 5.74) is -0.265. The van der Waals surface area contributed by atoms with E-state index in [2.05, 4.69) is 15.4 Å². The molecule has 0 aliphatic heterocycles. The molecular weight excluding hydrogens is 332 g/mol. The van der Waals surface area contributed by atoms with Gasteiger partial charge in [-0.05, 0) is 12.1 Å². The predicted molar refractivity (Wildman–Crippen MR) is 73.0 cm³/mol. The molecule has 0 unspecified atom stereocenters. The Balaban J connectivity index is 2.20. The van der Waals surface area contributed by atoms with Crippen LogP contribution in [0.25, 0.3) is 0 Å². The van der Waals surface area contributed by atoms with Gasteiger partial charge in [-0.1, -0.05) is 12.1 Å². The van der Waals surface area contributed by atoms with Crippen molar-refractivity contribution in [3.8, 4) is 6.07 Å². The van der Waals surface area contributed by atoms with Gasteiger partial charge >= 0.3 is 5.76 Å². The largest absolute Gasteiger partial charge is 0.341 e. The topological polar surface area (TPSA) is 118 Å². The van der Waals surface area contributed by atoms with Crippen LogP contribution in [0, 0.1) is 11.3 Å². The first-order valence-electron chi connectivity index (χ1n) is 6.05. The van der Waals surface area contributed by atoms with E-state index in [1.165, 1.54) is 18.2 Å². The Morgan fingerprint density at radius 2 is 2.09 bits per heavy atom. The number of amides is 1. The van der Waals surface area contributed by atoms with Crippen molar-refractivity contribution in [3.63, 3.8) is 0 Å². The first-order valence-corrected chi connectivity index (χ1v) is 7.59. The summed E-state index contributed by atoms with van der Waals surface area (Å²) >= 11 is 0. The Hall–Kier alpha value is -2.87. The van der Waals surface area contributed by atoms with Crippen molar-refractivity contribution in [2.45, 2.75) is 17.2 Å². The number of aromatic nitrogens is 3. The lowest BCUT2D eigenvalue weighted by Gasteiger charge is -2.11. The molecule has 0 fully saturated rings. The van der Waals surface area contributed by atoms with E-state index in [0.29, 0.717) is 0 Å². The molecule has 8 nitrogen and oxygen atoms in total. The molecule has 23 heavy (non-hydrogen) atoms. The minimum absolute atomic E-state index is 0.140. The quantitative estimate of drug-likeness (QED) is 0.859. The summed E-state index contributed by atoms with van der Waals surface area (Å²) in [7, 11) is -4.85. The number of para-hydroxylation sites is 1. The van der Waals surface area contributed by atoms with Crippen LogP contribution in [0.3, 0.4) is 0 Å². The number of carbonyl (C=O) groups is 1. The highest BCUT2D eigenvalue weighted by atomic mass is 32.2. The third kappa shape index (κ3) is 3.67. The number of nitriles is 1. The number of nitrogens with one attached hydrogen (secondary N) is 1. The number of hydrogen-bond acceptors (Lipinski definition) is 6. The maximum atomic E-state index is 12.7. The number of sulfone groups is 1. The van der Waals surface area contributed by atoms with Crippen LogP contribution < -0.4 is 5.32 Å². The zero-order chi connectivity index (χ0) is 17.0. The first-order chi connectivity index (χ1) is 10.8. The highest BCUT2D eigenvalue weighted by Crippen LogP contribution is 2.26. The monoisotopic (exact) mass is 341 g/mol. The van der Waals surface area contributed by atoms with E-state index in [1.54, 1.807) is 6.07 Å². The highest BCUT2D eigenvalue weighted by molar-refractivity contribution is 7.91. The molecule has 1 aromatic carbocycles. The number of benzene rings is 1. The third-order valence-electron chi connectivity index (χ3n) is 2.64. The van der Waals surface area contributed by atoms with E-state index in [9.17, 15) is 22.0 Å². The lowest BCUT2D eigenvalue weighted by Crippen LogP contribution is -2.21. The molecule has 0 saturated heterocycles. The van der Waals surface area contributed by atoms with Gasteiger partial charge < -0.3 is 5.32 Å². The van der Waals surface area contributed by atoms with E-state index in [0.717, 1.165) is 17.1 Å². The van der Waals surface area contributed by atoms with Crippen LogP contribution in [0.1, 0.15) is 5.82 Å². The van der Waals surface area contributed by atoms with Crippen LogP contribution in [-0.2, 0) is 21.2 Å². The number of halogens is 2. The molecule has 11 heteroatoms. The summed E-state index contributed by atoms with van der Waals surface area (Å²) in [5.74, 6) is -4.45. The lowest BCUT2D eigenvalue weighted by molar-refractivity contribution is -0.116. The van der Waals surface area contributed by atoms with Crippen molar-refractivity contribution in [2.75, 3.05) is 5.32 Å². The second kappa shape index (κ2) is 6.49. The fourth-order valence-electron chi connectivity index (χ4n) is 1.67. The molecule has 0 radical (unpaired) electrons. The summed E-state index contributed by atoms with van der Waals surface area (Å²) in [5, 5.41) is 14.5. The lowest BCUT2D eigenvalue weighted by atomic mass is 10.3. The van der Waals surface area contributed by atoms with Crippen molar-refractivity contribution in [2.24, 2.45) is 0 Å². The van der Waals surface area contributed by atoms with Crippen molar-refractivity contribution in [1.82, 2.24) is 14.8 Å². The van der Waals surface area contributed by atoms with Gasteiger partial charge in [0.15, 0.2) is 0 Å². The third-order valence-corrected chi connectivity index (χ3v) is 4.08. The molecule has 1 N–H and O–H groups in total. The fourth-order valence-corrected chi connectivity index (χ4v) is 2.56. The summed E-state index contributed by atoms with van der Waals surface area (Å²) in [6, 6.07) is 6.49. The van der Waals surface area contributed by atoms with Crippen LogP contribution in [0.2, 0.25) is 0 Å². The predicted octanol–water partition coefficient (Wildman–Crippen LogP) is 0.785. The Bertz CT molecular complexity index is 873. The van der Waals surface area contributed by atoms with Crippen molar-refractivity contribution in [3.05, 3.63) is 36.4 Å². The number of hydrogen-bond donors (Lipinski definition) is 1. The van der Waals surface area contributed by atoms with Gasteiger partial charge in [0.2, 0.25) is 15.7 Å². The maximum Gasteiger partial charge on any atom is 0.341 e. The van der Waals surface area contributed by atoms with Gasteiger partial charge in [-0.2, -0.15) is 14.0 Å². The second-order valence-corrected chi connectivity index (χ2v) is 6.11. The van der Waals surface area contributed by atoms with Gasteiger partial charge in [0.05, 0.1) is 10.6 Å². The molecule has 0 aliphatic rings. The average Bonchev–Trinajstić information content (AvgIpc) is 2.94. The van der Waals surface area contributed by atoms with E-state index in [1.807, 2.05) is 0 Å². The van der Waals surface area contributed by atoms with Crippen LogP contribution in [-0.4, -0.2) is 34.8 Å². The van der Waals surface area contributed by atoms with Gasteiger partial charge in [-0.25, -0.2) is 18.1 Å². The van der Waals surface area contributed by atoms with Crippen molar-refractivity contribution < 1.29 is 22.0 Å². The van der Waals surface area contributed by atoms with Gasteiger partial charge in [0.1, 0.15) is 18.9 Å². The van der Waals surface area contributed by atoms with Crippen LogP contribution in [0.15, 0.2) is 35.5 Å². The summed E-state index contributed by atoms with van der Waals surface area (Å²) < 4.78 is 49.5. The van der Waals surface area contributed by atoms with Crippen LogP contribution in [0.4, 0.5) is 14.5 Å². The number of carbonyl (C=O) groups excluding carboxylic acids is 1. The Morgan fingerprint density at radius 3 is 2.70 bits per heavy atom. The zero-order valence-corrected chi connectivity index (χ0v) is 12.2. The Kier molecular flexibility index (Phi) is 4.65.